The molecule has 1 heterocycles. The minimum absolute atomic E-state index is 0.0774. The molecule has 0 N–H and O–H groups in total. The van der Waals surface area contributed by atoms with Crippen molar-refractivity contribution in [2.24, 2.45) is 0 Å². The zero-order chi connectivity index (χ0) is 12.5. The molecule has 2 aromatic carbocycles. The Kier molecular flexibility index (Phi) is 2.92. The van der Waals surface area contributed by atoms with Gasteiger partial charge >= 0.3 is 0 Å². The van der Waals surface area contributed by atoms with Crippen molar-refractivity contribution in [3.05, 3.63) is 71.3 Å². The maximum Gasteiger partial charge on any atom is 0.108 e. The Balaban J connectivity index is 2.10. The van der Waals surface area contributed by atoms with E-state index >= 15 is 0 Å². The Hall–Kier alpha value is -1.60. The molecule has 0 radical (unpaired) electrons. The van der Waals surface area contributed by atoms with Gasteiger partial charge in [0, 0.05) is 5.92 Å². The van der Waals surface area contributed by atoms with Gasteiger partial charge in [0.1, 0.15) is 6.10 Å². The van der Waals surface area contributed by atoms with Crippen LogP contribution in [0, 0.1) is 0 Å². The maximum absolute atomic E-state index is 6.21. The topological polar surface area (TPSA) is 9.23 Å². The van der Waals surface area contributed by atoms with Crippen LogP contribution in [0.5, 0.6) is 0 Å². The van der Waals surface area contributed by atoms with Crippen molar-refractivity contribution < 1.29 is 4.74 Å². The van der Waals surface area contributed by atoms with Crippen LogP contribution in [0.3, 0.4) is 0 Å². The van der Waals surface area contributed by atoms with E-state index < -0.39 is 0 Å². The predicted octanol–water partition coefficient (Wildman–Crippen LogP) is 4.30. The van der Waals surface area contributed by atoms with Gasteiger partial charge in [0.2, 0.25) is 0 Å². The van der Waals surface area contributed by atoms with E-state index in [4.69, 9.17) is 4.74 Å². The van der Waals surface area contributed by atoms with Crippen LogP contribution in [-0.2, 0) is 4.74 Å². The molecule has 0 aromatic heterocycles. The van der Waals surface area contributed by atoms with E-state index in [-0.39, 0.29) is 12.2 Å². The summed E-state index contributed by atoms with van der Waals surface area (Å²) in [5, 5.41) is 0. The molecule has 0 unspecified atom stereocenters. The third-order valence-corrected chi connectivity index (χ3v) is 3.93. The van der Waals surface area contributed by atoms with E-state index in [1.807, 2.05) is 6.07 Å². The van der Waals surface area contributed by atoms with E-state index in [0.29, 0.717) is 5.92 Å². The van der Waals surface area contributed by atoms with Gasteiger partial charge in [-0.25, -0.2) is 0 Å². The Morgan fingerprint density at radius 3 is 2.11 bits per heavy atom. The molecule has 0 saturated carbocycles. The van der Waals surface area contributed by atoms with E-state index in [9.17, 15) is 0 Å². The normalized spacial score (nSPS) is 26.7. The molecule has 18 heavy (non-hydrogen) atoms. The van der Waals surface area contributed by atoms with Crippen LogP contribution in [0.2, 0.25) is 0 Å². The minimum atomic E-state index is 0.0774. The molecule has 2 aromatic rings. The number of fused-ring (bicyclic) bond motifs is 1. The van der Waals surface area contributed by atoms with Crippen LogP contribution in [0.4, 0.5) is 0 Å². The fraction of sp³-hybridized carbons (Fsp3) is 0.294. The van der Waals surface area contributed by atoms with Crippen LogP contribution in [0.1, 0.15) is 42.6 Å². The molecular weight excluding hydrogens is 220 g/mol. The second-order valence-corrected chi connectivity index (χ2v) is 5.05. The highest BCUT2D eigenvalue weighted by Crippen LogP contribution is 2.40. The molecule has 0 aliphatic carbocycles. The molecule has 0 spiro atoms. The Labute approximate surface area is 108 Å². The summed E-state index contributed by atoms with van der Waals surface area (Å²) in [7, 11) is 0. The Morgan fingerprint density at radius 2 is 1.39 bits per heavy atom. The molecule has 0 fully saturated rings. The summed E-state index contributed by atoms with van der Waals surface area (Å²) in [4.78, 5) is 0. The van der Waals surface area contributed by atoms with Gasteiger partial charge in [-0.15, -0.1) is 0 Å². The molecule has 3 rings (SSSR count). The summed E-state index contributed by atoms with van der Waals surface area (Å²) < 4.78 is 6.21. The quantitative estimate of drug-likeness (QED) is 0.719. The lowest BCUT2D eigenvalue weighted by Crippen LogP contribution is -2.27. The smallest absolute Gasteiger partial charge is 0.108 e. The average molecular weight is 238 g/mol. The summed E-state index contributed by atoms with van der Waals surface area (Å²) in [6.07, 6.45) is 0.332. The van der Waals surface area contributed by atoms with E-state index in [1.54, 1.807) is 0 Å². The third-order valence-electron chi connectivity index (χ3n) is 3.93. The second-order valence-electron chi connectivity index (χ2n) is 5.05. The lowest BCUT2D eigenvalue weighted by Gasteiger charge is -2.35. The van der Waals surface area contributed by atoms with Gasteiger partial charge in [-0.05, 0) is 23.6 Å². The van der Waals surface area contributed by atoms with Gasteiger partial charge in [0.05, 0.1) is 6.10 Å². The number of rotatable bonds is 1. The minimum Gasteiger partial charge on any atom is -0.365 e. The van der Waals surface area contributed by atoms with Crippen LogP contribution in [0.15, 0.2) is 54.6 Å². The van der Waals surface area contributed by atoms with Crippen molar-refractivity contribution in [3.8, 4) is 0 Å². The molecule has 1 heteroatoms. The van der Waals surface area contributed by atoms with Gasteiger partial charge in [-0.2, -0.15) is 0 Å². The third kappa shape index (κ3) is 1.85. The summed E-state index contributed by atoms with van der Waals surface area (Å²) in [6.45, 7) is 4.40. The molecule has 0 amide bonds. The maximum atomic E-state index is 6.21. The first-order valence-corrected chi connectivity index (χ1v) is 6.56. The summed E-state index contributed by atoms with van der Waals surface area (Å²) in [5.41, 5.74) is 3.98. The van der Waals surface area contributed by atoms with E-state index in [2.05, 4.69) is 62.4 Å². The average Bonchev–Trinajstić information content (AvgIpc) is 2.44. The number of ether oxygens (including phenoxy) is 1. The van der Waals surface area contributed by atoms with Gasteiger partial charge in [-0.1, -0.05) is 61.5 Å². The van der Waals surface area contributed by atoms with Gasteiger partial charge < -0.3 is 4.74 Å². The molecule has 0 saturated heterocycles. The number of hydrogen-bond acceptors (Lipinski definition) is 1. The van der Waals surface area contributed by atoms with Crippen LogP contribution in [-0.4, -0.2) is 6.10 Å². The summed E-state index contributed by atoms with van der Waals surface area (Å²) in [5.74, 6) is 0.459. The van der Waals surface area contributed by atoms with Crippen molar-refractivity contribution in [2.75, 3.05) is 0 Å². The lowest BCUT2D eigenvalue weighted by atomic mass is 9.84. The van der Waals surface area contributed by atoms with Crippen LogP contribution < -0.4 is 0 Å². The Bertz CT molecular complexity index is 532. The van der Waals surface area contributed by atoms with E-state index in [1.165, 1.54) is 16.7 Å². The first kappa shape index (κ1) is 11.5. The first-order chi connectivity index (χ1) is 8.77. The molecule has 0 bridgehead atoms. The zero-order valence-corrected chi connectivity index (χ0v) is 10.8. The van der Waals surface area contributed by atoms with Crippen molar-refractivity contribution in [2.45, 2.75) is 32.0 Å². The van der Waals surface area contributed by atoms with Crippen molar-refractivity contribution in [1.29, 1.82) is 0 Å². The van der Waals surface area contributed by atoms with Crippen molar-refractivity contribution >= 4 is 0 Å². The number of benzene rings is 2. The van der Waals surface area contributed by atoms with Crippen LogP contribution in [0.25, 0.3) is 0 Å². The summed E-state index contributed by atoms with van der Waals surface area (Å²) in [6, 6.07) is 19.1. The summed E-state index contributed by atoms with van der Waals surface area (Å²) >= 11 is 0. The van der Waals surface area contributed by atoms with E-state index in [0.717, 1.165) is 0 Å². The van der Waals surface area contributed by atoms with Crippen molar-refractivity contribution in [3.63, 3.8) is 0 Å². The van der Waals surface area contributed by atoms with Gasteiger partial charge in [0.15, 0.2) is 0 Å². The molecule has 1 aliphatic rings. The van der Waals surface area contributed by atoms with Crippen molar-refractivity contribution in [1.82, 2.24) is 0 Å². The first-order valence-electron chi connectivity index (χ1n) is 6.56. The SMILES string of the molecule is C[C@@H]1O[C@H](c2ccccc2)c2ccccc2[C@@H]1C. The number of hydrogen-bond donors (Lipinski definition) is 0. The highest BCUT2D eigenvalue weighted by atomic mass is 16.5. The Morgan fingerprint density at radius 1 is 0.778 bits per heavy atom. The standard InChI is InChI=1S/C17H18O/c1-12-13(2)18-17(14-8-4-3-5-9-14)16-11-7-6-10-15(12)16/h3-13,17H,1-2H3/t12-,13+,17-/m1/s1. The highest BCUT2D eigenvalue weighted by Gasteiger charge is 2.30. The second kappa shape index (κ2) is 4.58. The highest BCUT2D eigenvalue weighted by molar-refractivity contribution is 5.40. The van der Waals surface area contributed by atoms with Gasteiger partial charge in [0.25, 0.3) is 0 Å². The molecule has 1 nitrogen and oxygen atoms in total. The molecule has 92 valence electrons. The lowest BCUT2D eigenvalue weighted by molar-refractivity contribution is -0.00757. The molecule has 3 atom stereocenters. The molecular formula is C17H18O. The van der Waals surface area contributed by atoms with Crippen LogP contribution >= 0.6 is 0 Å². The monoisotopic (exact) mass is 238 g/mol. The van der Waals surface area contributed by atoms with Gasteiger partial charge in [-0.3, -0.25) is 0 Å². The fourth-order valence-corrected chi connectivity index (χ4v) is 2.71. The largest absolute Gasteiger partial charge is 0.365 e. The zero-order valence-electron chi connectivity index (χ0n) is 10.8. The fourth-order valence-electron chi connectivity index (χ4n) is 2.71. The molecule has 1 aliphatic heterocycles. The predicted molar refractivity (Wildman–Crippen MR) is 73.7 cm³/mol.